The molecule has 0 aliphatic carbocycles. The molecule has 0 saturated carbocycles. The number of halogens is 1. The van der Waals surface area contributed by atoms with Crippen molar-refractivity contribution in [3.8, 4) is 0 Å². The predicted molar refractivity (Wildman–Crippen MR) is 50.1 cm³/mol. The standard InChI is InChI=1S/C9H8BrN/c10-8-4-3-7-11-6-2-1-5-9(8)11/h1-6H,7H2. The summed E-state index contributed by atoms with van der Waals surface area (Å²) in [6, 6.07) is 0. The summed E-state index contributed by atoms with van der Waals surface area (Å²) in [6.45, 7) is 0.977. The molecule has 0 fully saturated rings. The zero-order chi connectivity index (χ0) is 7.68. The molecule has 1 nitrogen and oxygen atoms in total. The van der Waals surface area contributed by atoms with Crippen molar-refractivity contribution in [2.75, 3.05) is 6.54 Å². The molecule has 2 heteroatoms. The van der Waals surface area contributed by atoms with Crippen molar-refractivity contribution in [2.45, 2.75) is 0 Å². The van der Waals surface area contributed by atoms with Gasteiger partial charge in [-0.1, -0.05) is 12.2 Å². The molecular formula is C9H8BrN. The molecule has 0 aromatic rings. The van der Waals surface area contributed by atoms with E-state index in [2.05, 4.69) is 45.3 Å². The lowest BCUT2D eigenvalue weighted by Gasteiger charge is -2.25. The normalized spacial score (nSPS) is 21.0. The highest BCUT2D eigenvalue weighted by molar-refractivity contribution is 9.11. The van der Waals surface area contributed by atoms with Gasteiger partial charge in [0.1, 0.15) is 0 Å². The fourth-order valence-corrected chi connectivity index (χ4v) is 1.75. The quantitative estimate of drug-likeness (QED) is 0.593. The second-order valence-electron chi connectivity index (χ2n) is 2.49. The van der Waals surface area contributed by atoms with Crippen molar-refractivity contribution in [3.05, 3.63) is 46.8 Å². The van der Waals surface area contributed by atoms with E-state index in [1.807, 2.05) is 12.2 Å². The number of rotatable bonds is 0. The van der Waals surface area contributed by atoms with Gasteiger partial charge >= 0.3 is 0 Å². The summed E-state index contributed by atoms with van der Waals surface area (Å²) in [5.41, 5.74) is 1.25. The zero-order valence-corrected chi connectivity index (χ0v) is 7.58. The first-order chi connectivity index (χ1) is 5.38. The van der Waals surface area contributed by atoms with E-state index in [0.29, 0.717) is 0 Å². The van der Waals surface area contributed by atoms with E-state index in [1.165, 1.54) is 5.70 Å². The molecule has 0 atom stereocenters. The molecule has 2 aliphatic heterocycles. The van der Waals surface area contributed by atoms with Crippen LogP contribution in [0.25, 0.3) is 0 Å². The average molecular weight is 210 g/mol. The van der Waals surface area contributed by atoms with E-state index >= 15 is 0 Å². The molecule has 0 spiro atoms. The van der Waals surface area contributed by atoms with Gasteiger partial charge in [-0.05, 0) is 34.2 Å². The molecule has 2 aliphatic rings. The molecule has 2 heterocycles. The van der Waals surface area contributed by atoms with Crippen molar-refractivity contribution >= 4 is 15.9 Å². The van der Waals surface area contributed by atoms with Crippen LogP contribution in [0, 0.1) is 0 Å². The fourth-order valence-electron chi connectivity index (χ4n) is 1.21. The Kier molecular flexibility index (Phi) is 1.70. The highest BCUT2D eigenvalue weighted by Crippen LogP contribution is 2.24. The molecule has 0 N–H and O–H groups in total. The number of hydrogen-bond acceptors (Lipinski definition) is 1. The van der Waals surface area contributed by atoms with Crippen LogP contribution in [0.1, 0.15) is 0 Å². The topological polar surface area (TPSA) is 3.24 Å². The van der Waals surface area contributed by atoms with Crippen LogP contribution in [-0.2, 0) is 0 Å². The maximum atomic E-state index is 3.50. The van der Waals surface area contributed by atoms with Crippen LogP contribution in [-0.4, -0.2) is 11.4 Å². The first-order valence-corrected chi connectivity index (χ1v) is 4.35. The van der Waals surface area contributed by atoms with E-state index in [1.54, 1.807) is 0 Å². The lowest BCUT2D eigenvalue weighted by Crippen LogP contribution is -2.19. The molecule has 2 rings (SSSR count). The SMILES string of the molecule is BrC1=C2C=CC=CN2CC=C1. The van der Waals surface area contributed by atoms with Gasteiger partial charge in [-0.2, -0.15) is 0 Å². The highest BCUT2D eigenvalue weighted by atomic mass is 79.9. The third kappa shape index (κ3) is 1.18. The molecular weight excluding hydrogens is 202 g/mol. The minimum atomic E-state index is 0.977. The molecule has 11 heavy (non-hydrogen) atoms. The third-order valence-corrected chi connectivity index (χ3v) is 2.42. The van der Waals surface area contributed by atoms with E-state index in [9.17, 15) is 0 Å². The first kappa shape index (κ1) is 6.92. The monoisotopic (exact) mass is 209 g/mol. The summed E-state index contributed by atoms with van der Waals surface area (Å²) in [5, 5.41) is 0. The fraction of sp³-hybridized carbons (Fsp3) is 0.111. The molecule has 56 valence electrons. The second-order valence-corrected chi connectivity index (χ2v) is 3.34. The molecule has 0 bridgehead atoms. The van der Waals surface area contributed by atoms with Gasteiger partial charge in [0, 0.05) is 17.2 Å². The van der Waals surface area contributed by atoms with Crippen LogP contribution in [0.4, 0.5) is 0 Å². The van der Waals surface area contributed by atoms with Gasteiger partial charge in [-0.25, -0.2) is 0 Å². The third-order valence-electron chi connectivity index (χ3n) is 1.75. The average Bonchev–Trinajstić information content (AvgIpc) is 2.06. The number of nitrogens with zero attached hydrogens (tertiary/aromatic N) is 1. The van der Waals surface area contributed by atoms with Gasteiger partial charge in [0.2, 0.25) is 0 Å². The summed E-state index contributed by atoms with van der Waals surface area (Å²) < 4.78 is 1.16. The Bertz CT molecular complexity index is 284. The summed E-state index contributed by atoms with van der Waals surface area (Å²) in [7, 11) is 0. The minimum absolute atomic E-state index is 0.977. The summed E-state index contributed by atoms with van der Waals surface area (Å²) >= 11 is 3.50. The van der Waals surface area contributed by atoms with Gasteiger partial charge in [0.05, 0.1) is 5.70 Å². The van der Waals surface area contributed by atoms with Gasteiger partial charge < -0.3 is 4.90 Å². The lowest BCUT2D eigenvalue weighted by molar-refractivity contribution is 0.522. The maximum Gasteiger partial charge on any atom is 0.0553 e. The highest BCUT2D eigenvalue weighted by Gasteiger charge is 2.11. The van der Waals surface area contributed by atoms with Crippen LogP contribution in [0.2, 0.25) is 0 Å². The van der Waals surface area contributed by atoms with Gasteiger partial charge in [0.25, 0.3) is 0 Å². The molecule has 0 aromatic carbocycles. The van der Waals surface area contributed by atoms with E-state index < -0.39 is 0 Å². The molecule has 0 radical (unpaired) electrons. The zero-order valence-electron chi connectivity index (χ0n) is 6.00. The Morgan fingerprint density at radius 2 is 2.18 bits per heavy atom. The van der Waals surface area contributed by atoms with Crippen molar-refractivity contribution in [2.24, 2.45) is 0 Å². The van der Waals surface area contributed by atoms with Gasteiger partial charge in [-0.15, -0.1) is 0 Å². The van der Waals surface area contributed by atoms with Crippen molar-refractivity contribution in [1.82, 2.24) is 4.90 Å². The molecule has 0 saturated heterocycles. The van der Waals surface area contributed by atoms with Crippen LogP contribution >= 0.6 is 15.9 Å². The van der Waals surface area contributed by atoms with Crippen molar-refractivity contribution < 1.29 is 0 Å². The largest absolute Gasteiger partial charge is 0.343 e. The Hall–Kier alpha value is -0.760. The Labute approximate surface area is 74.5 Å². The Morgan fingerprint density at radius 1 is 1.27 bits per heavy atom. The number of hydrogen-bond donors (Lipinski definition) is 0. The molecule has 0 amide bonds. The van der Waals surface area contributed by atoms with E-state index in [0.717, 1.165) is 11.0 Å². The summed E-state index contributed by atoms with van der Waals surface area (Å²) in [4.78, 5) is 2.20. The van der Waals surface area contributed by atoms with Gasteiger partial charge in [0.15, 0.2) is 0 Å². The molecule has 0 aromatic heterocycles. The minimum Gasteiger partial charge on any atom is -0.343 e. The van der Waals surface area contributed by atoms with E-state index in [4.69, 9.17) is 0 Å². The van der Waals surface area contributed by atoms with Crippen LogP contribution in [0.5, 0.6) is 0 Å². The number of allylic oxidation sites excluding steroid dienone is 5. The Balaban J connectivity index is 2.43. The summed E-state index contributed by atoms with van der Waals surface area (Å²) in [6.07, 6.45) is 12.5. The van der Waals surface area contributed by atoms with Crippen LogP contribution < -0.4 is 0 Å². The molecule has 0 unspecified atom stereocenters. The lowest BCUT2D eigenvalue weighted by atomic mass is 10.2. The van der Waals surface area contributed by atoms with Crippen LogP contribution in [0.3, 0.4) is 0 Å². The predicted octanol–water partition coefficient (Wildman–Crippen LogP) is 2.55. The maximum absolute atomic E-state index is 3.50. The van der Waals surface area contributed by atoms with Gasteiger partial charge in [-0.3, -0.25) is 0 Å². The number of fused-ring (bicyclic) bond motifs is 1. The smallest absolute Gasteiger partial charge is 0.0553 e. The van der Waals surface area contributed by atoms with Crippen molar-refractivity contribution in [3.63, 3.8) is 0 Å². The first-order valence-electron chi connectivity index (χ1n) is 3.56. The van der Waals surface area contributed by atoms with Crippen LogP contribution in [0.15, 0.2) is 46.8 Å². The van der Waals surface area contributed by atoms with Crippen molar-refractivity contribution in [1.29, 1.82) is 0 Å². The van der Waals surface area contributed by atoms with E-state index in [-0.39, 0.29) is 0 Å². The summed E-state index contributed by atoms with van der Waals surface area (Å²) in [5.74, 6) is 0. The Morgan fingerprint density at radius 3 is 3.00 bits per heavy atom. The second kappa shape index (κ2) is 2.70.